The van der Waals surface area contributed by atoms with Crippen LogP contribution in [-0.4, -0.2) is 33.9 Å². The van der Waals surface area contributed by atoms with Crippen LogP contribution in [0.5, 0.6) is 0 Å². The lowest BCUT2D eigenvalue weighted by molar-refractivity contribution is -0.142. The number of methoxy groups -OCH3 is 1. The molecule has 0 N–H and O–H groups in total. The van der Waals surface area contributed by atoms with Gasteiger partial charge in [0.25, 0.3) is 0 Å². The first kappa shape index (κ1) is 13.6. The monoisotopic (exact) mass is 250 g/mol. The van der Waals surface area contributed by atoms with Gasteiger partial charge < -0.3 is 18.7 Å². The molecule has 18 heavy (non-hydrogen) atoms. The van der Waals surface area contributed by atoms with Crippen molar-refractivity contribution in [3.63, 3.8) is 0 Å². The topological polar surface area (TPSA) is 36.9 Å². The lowest BCUT2D eigenvalue weighted by atomic mass is 10.0. The van der Waals surface area contributed by atoms with Crippen molar-refractivity contribution in [2.24, 2.45) is 0 Å². The first-order valence-electron chi connectivity index (χ1n) is 6.22. The summed E-state index contributed by atoms with van der Waals surface area (Å²) >= 11 is 0. The standard InChI is InChI=1S/C13H19BO4/c1-15-13-10-12(17-14(16-2)18-13)9-8-11-6-4-3-5-7-11/h3-7,12-13H,8-10H2,1-2H3. The predicted molar refractivity (Wildman–Crippen MR) is 68.9 cm³/mol. The van der Waals surface area contributed by atoms with Gasteiger partial charge in [-0.3, -0.25) is 0 Å². The van der Waals surface area contributed by atoms with Gasteiger partial charge in [-0.2, -0.15) is 0 Å². The molecule has 1 fully saturated rings. The van der Waals surface area contributed by atoms with Crippen LogP contribution < -0.4 is 0 Å². The summed E-state index contributed by atoms with van der Waals surface area (Å²) < 4.78 is 21.4. The van der Waals surface area contributed by atoms with Crippen molar-refractivity contribution in [3.8, 4) is 0 Å². The Bertz CT molecular complexity index is 334. The van der Waals surface area contributed by atoms with Crippen LogP contribution in [0.2, 0.25) is 0 Å². The van der Waals surface area contributed by atoms with Crippen molar-refractivity contribution < 1.29 is 18.7 Å². The molecule has 0 spiro atoms. The molecule has 1 aliphatic rings. The first-order valence-corrected chi connectivity index (χ1v) is 6.22. The van der Waals surface area contributed by atoms with Gasteiger partial charge in [0, 0.05) is 20.6 Å². The number of ether oxygens (including phenoxy) is 1. The fraction of sp³-hybridized carbons (Fsp3) is 0.538. The molecule has 1 aliphatic heterocycles. The van der Waals surface area contributed by atoms with Crippen LogP contribution >= 0.6 is 0 Å². The Morgan fingerprint density at radius 3 is 2.67 bits per heavy atom. The second kappa shape index (κ2) is 6.90. The molecular weight excluding hydrogens is 231 g/mol. The number of benzene rings is 1. The van der Waals surface area contributed by atoms with E-state index in [1.807, 2.05) is 6.07 Å². The predicted octanol–water partition coefficient (Wildman–Crippen LogP) is 2.03. The highest BCUT2D eigenvalue weighted by Crippen LogP contribution is 2.21. The van der Waals surface area contributed by atoms with Crippen molar-refractivity contribution in [3.05, 3.63) is 35.9 Å². The van der Waals surface area contributed by atoms with Crippen molar-refractivity contribution in [1.29, 1.82) is 0 Å². The van der Waals surface area contributed by atoms with Crippen LogP contribution in [0.4, 0.5) is 0 Å². The fourth-order valence-corrected chi connectivity index (χ4v) is 2.06. The van der Waals surface area contributed by atoms with Crippen molar-refractivity contribution >= 4 is 7.32 Å². The molecule has 1 saturated heterocycles. The molecule has 1 aromatic carbocycles. The van der Waals surface area contributed by atoms with Gasteiger partial charge in [-0.25, -0.2) is 0 Å². The van der Waals surface area contributed by atoms with Crippen molar-refractivity contribution in [2.45, 2.75) is 31.7 Å². The summed E-state index contributed by atoms with van der Waals surface area (Å²) in [5.41, 5.74) is 1.32. The molecule has 2 unspecified atom stereocenters. The minimum Gasteiger partial charge on any atom is -0.389 e. The van der Waals surface area contributed by atoms with E-state index < -0.39 is 7.32 Å². The highest BCUT2D eigenvalue weighted by Gasteiger charge is 2.35. The summed E-state index contributed by atoms with van der Waals surface area (Å²) in [5.74, 6) is 0. The molecule has 4 nitrogen and oxygen atoms in total. The van der Waals surface area contributed by atoms with Crippen LogP contribution in [-0.2, 0) is 25.1 Å². The molecule has 0 amide bonds. The lowest BCUT2D eigenvalue weighted by Gasteiger charge is -2.31. The van der Waals surface area contributed by atoms with E-state index in [0.717, 1.165) is 19.3 Å². The van der Waals surface area contributed by atoms with Gasteiger partial charge in [0.15, 0.2) is 0 Å². The van der Waals surface area contributed by atoms with E-state index in [-0.39, 0.29) is 12.4 Å². The van der Waals surface area contributed by atoms with Crippen LogP contribution in [0.15, 0.2) is 30.3 Å². The summed E-state index contributed by atoms with van der Waals surface area (Å²) in [6, 6.07) is 10.4. The molecule has 0 aliphatic carbocycles. The minimum absolute atomic E-state index is 0.105. The number of hydrogen-bond donors (Lipinski definition) is 0. The maximum atomic E-state index is 5.66. The van der Waals surface area contributed by atoms with Gasteiger partial charge in [0.2, 0.25) is 0 Å². The molecule has 5 heteroatoms. The van der Waals surface area contributed by atoms with E-state index in [1.165, 1.54) is 5.56 Å². The minimum atomic E-state index is -0.621. The highest BCUT2D eigenvalue weighted by atomic mass is 16.8. The highest BCUT2D eigenvalue weighted by molar-refractivity contribution is 6.36. The number of hydrogen-bond acceptors (Lipinski definition) is 4. The van der Waals surface area contributed by atoms with E-state index in [1.54, 1.807) is 14.2 Å². The van der Waals surface area contributed by atoms with E-state index in [0.29, 0.717) is 0 Å². The van der Waals surface area contributed by atoms with E-state index in [9.17, 15) is 0 Å². The van der Waals surface area contributed by atoms with Crippen LogP contribution in [0.25, 0.3) is 0 Å². The third kappa shape index (κ3) is 3.81. The van der Waals surface area contributed by atoms with E-state index in [2.05, 4.69) is 24.3 Å². The zero-order chi connectivity index (χ0) is 12.8. The Morgan fingerprint density at radius 1 is 1.22 bits per heavy atom. The number of rotatable bonds is 5. The summed E-state index contributed by atoms with van der Waals surface area (Å²) in [7, 11) is 2.58. The lowest BCUT2D eigenvalue weighted by Crippen LogP contribution is -2.43. The first-order chi connectivity index (χ1) is 8.81. The Morgan fingerprint density at radius 2 is 2.00 bits per heavy atom. The molecule has 0 aromatic heterocycles. The summed E-state index contributed by atoms with van der Waals surface area (Å²) in [5, 5.41) is 0. The molecule has 1 aromatic rings. The van der Waals surface area contributed by atoms with Gasteiger partial charge in [-0.05, 0) is 18.4 Å². The van der Waals surface area contributed by atoms with Crippen molar-refractivity contribution in [2.75, 3.05) is 14.2 Å². The van der Waals surface area contributed by atoms with E-state index >= 15 is 0 Å². The fourth-order valence-electron chi connectivity index (χ4n) is 2.06. The second-order valence-electron chi connectivity index (χ2n) is 4.34. The quantitative estimate of drug-likeness (QED) is 0.749. The number of aryl methyl sites for hydroxylation is 1. The summed E-state index contributed by atoms with van der Waals surface area (Å²) in [6.45, 7) is 0. The molecule has 0 radical (unpaired) electrons. The van der Waals surface area contributed by atoms with E-state index in [4.69, 9.17) is 18.7 Å². The Hall–Kier alpha value is -0.875. The molecule has 1 heterocycles. The average Bonchev–Trinajstić information content (AvgIpc) is 2.45. The second-order valence-corrected chi connectivity index (χ2v) is 4.34. The normalized spacial score (nSPS) is 24.2. The Labute approximate surface area is 108 Å². The molecule has 0 saturated carbocycles. The average molecular weight is 250 g/mol. The molecule has 98 valence electrons. The maximum Gasteiger partial charge on any atom is 0.641 e. The van der Waals surface area contributed by atoms with Crippen LogP contribution in [0.3, 0.4) is 0 Å². The third-order valence-corrected chi connectivity index (χ3v) is 3.07. The summed E-state index contributed by atoms with van der Waals surface area (Å²) in [6.07, 6.45) is 2.52. The molecule has 0 bridgehead atoms. The zero-order valence-electron chi connectivity index (χ0n) is 10.9. The van der Waals surface area contributed by atoms with Gasteiger partial charge in [0.05, 0.1) is 6.10 Å². The molecular formula is C13H19BO4. The van der Waals surface area contributed by atoms with Gasteiger partial charge in [0.1, 0.15) is 6.29 Å². The van der Waals surface area contributed by atoms with Gasteiger partial charge >= 0.3 is 7.32 Å². The smallest absolute Gasteiger partial charge is 0.389 e. The largest absolute Gasteiger partial charge is 0.641 e. The molecule has 2 rings (SSSR count). The van der Waals surface area contributed by atoms with Crippen LogP contribution in [0, 0.1) is 0 Å². The Kier molecular flexibility index (Phi) is 5.19. The van der Waals surface area contributed by atoms with Gasteiger partial charge in [-0.1, -0.05) is 30.3 Å². The zero-order valence-corrected chi connectivity index (χ0v) is 10.9. The SMILES string of the molecule is COB1OC(CCc2ccccc2)CC(OC)O1. The van der Waals surface area contributed by atoms with Gasteiger partial charge in [-0.15, -0.1) is 0 Å². The Balaban J connectivity index is 1.84. The summed E-state index contributed by atoms with van der Waals surface area (Å²) in [4.78, 5) is 0. The molecule has 2 atom stereocenters. The van der Waals surface area contributed by atoms with Crippen molar-refractivity contribution in [1.82, 2.24) is 0 Å². The maximum absolute atomic E-state index is 5.66. The third-order valence-electron chi connectivity index (χ3n) is 3.07. The van der Waals surface area contributed by atoms with Crippen LogP contribution in [0.1, 0.15) is 18.4 Å².